The number of hydrogen-bond acceptors (Lipinski definition) is 4. The van der Waals surface area contributed by atoms with E-state index in [1.54, 1.807) is 0 Å². The van der Waals surface area contributed by atoms with Crippen molar-refractivity contribution in [2.24, 2.45) is 0 Å². The molecule has 0 unspecified atom stereocenters. The minimum Gasteiger partial charge on any atom is -0.316 e. The van der Waals surface area contributed by atoms with Crippen LogP contribution in [0.1, 0.15) is 23.4 Å². The lowest BCUT2D eigenvalue weighted by Gasteiger charge is -2.04. The van der Waals surface area contributed by atoms with Crippen LogP contribution in [0.25, 0.3) is 0 Å². The van der Waals surface area contributed by atoms with Gasteiger partial charge < -0.3 is 5.32 Å². The summed E-state index contributed by atoms with van der Waals surface area (Å²) in [5.74, 6) is 0.215. The van der Waals surface area contributed by atoms with Gasteiger partial charge in [0.25, 0.3) is 0 Å². The predicted octanol–water partition coefficient (Wildman–Crippen LogP) is 0.654. The third-order valence-electron chi connectivity index (χ3n) is 2.77. The van der Waals surface area contributed by atoms with Gasteiger partial charge in [-0.1, -0.05) is 0 Å². The van der Waals surface area contributed by atoms with Gasteiger partial charge in [0, 0.05) is 30.6 Å². The Labute approximate surface area is 103 Å². The Morgan fingerprint density at radius 2 is 2.00 bits per heavy atom. The molecule has 1 heterocycles. The first-order valence-electron chi connectivity index (χ1n) is 5.70. The molecule has 0 bridgehead atoms. The topological polar surface area (TPSA) is 64.0 Å². The molecule has 0 spiro atoms. The standard InChI is InChI=1S/C11H21N3O2S/c1-9-11(8-12-3)10(2)14(13-9)6-5-7-17(4,15)16/h12H,5-8H2,1-4H3. The summed E-state index contributed by atoms with van der Waals surface area (Å²) < 4.78 is 24.0. The Bertz CT molecular complexity index is 477. The average Bonchev–Trinajstić information content (AvgIpc) is 2.45. The Hall–Kier alpha value is -0.880. The van der Waals surface area contributed by atoms with E-state index in [1.807, 2.05) is 25.6 Å². The number of hydrogen-bond donors (Lipinski definition) is 1. The van der Waals surface area contributed by atoms with Crippen molar-refractivity contribution >= 4 is 9.84 Å². The fraction of sp³-hybridized carbons (Fsp3) is 0.727. The molecule has 0 radical (unpaired) electrons. The molecular weight excluding hydrogens is 238 g/mol. The zero-order valence-corrected chi connectivity index (χ0v) is 11.8. The normalized spacial score (nSPS) is 12.0. The summed E-state index contributed by atoms with van der Waals surface area (Å²) in [4.78, 5) is 0. The van der Waals surface area contributed by atoms with E-state index in [9.17, 15) is 8.42 Å². The van der Waals surface area contributed by atoms with Crippen molar-refractivity contribution < 1.29 is 8.42 Å². The lowest BCUT2D eigenvalue weighted by atomic mass is 10.2. The summed E-state index contributed by atoms with van der Waals surface area (Å²) in [6.07, 6.45) is 1.88. The van der Waals surface area contributed by atoms with Crippen molar-refractivity contribution in [2.45, 2.75) is 33.4 Å². The van der Waals surface area contributed by atoms with E-state index in [-0.39, 0.29) is 5.75 Å². The number of aryl methyl sites for hydroxylation is 2. The van der Waals surface area contributed by atoms with Gasteiger partial charge in [0.15, 0.2) is 0 Å². The number of sulfone groups is 1. The highest BCUT2D eigenvalue weighted by molar-refractivity contribution is 7.90. The van der Waals surface area contributed by atoms with Crippen molar-refractivity contribution in [3.05, 3.63) is 17.0 Å². The molecule has 98 valence electrons. The van der Waals surface area contributed by atoms with Crippen LogP contribution in [0.2, 0.25) is 0 Å². The van der Waals surface area contributed by atoms with Crippen molar-refractivity contribution in [1.29, 1.82) is 0 Å². The van der Waals surface area contributed by atoms with Crippen molar-refractivity contribution in [3.63, 3.8) is 0 Å². The van der Waals surface area contributed by atoms with Gasteiger partial charge in [-0.2, -0.15) is 5.10 Å². The highest BCUT2D eigenvalue weighted by atomic mass is 32.2. The SMILES string of the molecule is CNCc1c(C)nn(CCCS(C)(=O)=O)c1C. The molecule has 0 aromatic carbocycles. The highest BCUT2D eigenvalue weighted by Crippen LogP contribution is 2.13. The molecule has 1 N–H and O–H groups in total. The Balaban J connectivity index is 2.69. The molecule has 0 atom stereocenters. The summed E-state index contributed by atoms with van der Waals surface area (Å²) in [5.41, 5.74) is 3.33. The van der Waals surface area contributed by atoms with Crippen molar-refractivity contribution in [1.82, 2.24) is 15.1 Å². The molecular formula is C11H21N3O2S. The molecule has 5 nitrogen and oxygen atoms in total. The van der Waals surface area contributed by atoms with Crippen molar-refractivity contribution in [3.8, 4) is 0 Å². The van der Waals surface area contributed by atoms with Crippen LogP contribution in [0.5, 0.6) is 0 Å². The molecule has 0 amide bonds. The zero-order valence-electron chi connectivity index (χ0n) is 10.9. The van der Waals surface area contributed by atoms with Gasteiger partial charge in [0.2, 0.25) is 0 Å². The summed E-state index contributed by atoms with van der Waals surface area (Å²) >= 11 is 0. The molecule has 1 rings (SSSR count). The Kier molecular flexibility index (Phi) is 4.70. The fourth-order valence-electron chi connectivity index (χ4n) is 1.86. The van der Waals surface area contributed by atoms with Gasteiger partial charge in [-0.25, -0.2) is 8.42 Å². The summed E-state index contributed by atoms with van der Waals surface area (Å²) in [5, 5.41) is 7.54. The van der Waals surface area contributed by atoms with Crippen LogP contribution in [-0.4, -0.2) is 37.3 Å². The third kappa shape index (κ3) is 4.12. The van der Waals surface area contributed by atoms with Crippen molar-refractivity contribution in [2.75, 3.05) is 19.1 Å². The molecule has 0 aliphatic carbocycles. The predicted molar refractivity (Wildman–Crippen MR) is 68.8 cm³/mol. The zero-order chi connectivity index (χ0) is 13.1. The number of nitrogens with zero attached hydrogens (tertiary/aromatic N) is 2. The van der Waals surface area contributed by atoms with E-state index in [4.69, 9.17) is 0 Å². The molecule has 0 aliphatic rings. The van der Waals surface area contributed by atoms with E-state index in [1.165, 1.54) is 11.8 Å². The molecule has 0 saturated carbocycles. The van der Waals surface area contributed by atoms with Crippen LogP contribution in [0.15, 0.2) is 0 Å². The summed E-state index contributed by atoms with van der Waals surface area (Å²) in [6.45, 7) is 5.45. The second kappa shape index (κ2) is 5.64. The quantitative estimate of drug-likeness (QED) is 0.815. The molecule has 0 aliphatic heterocycles. The van der Waals surface area contributed by atoms with E-state index in [0.29, 0.717) is 13.0 Å². The number of nitrogens with one attached hydrogen (secondary N) is 1. The third-order valence-corrected chi connectivity index (χ3v) is 3.80. The second-order valence-electron chi connectivity index (χ2n) is 4.39. The largest absolute Gasteiger partial charge is 0.316 e. The van der Waals surface area contributed by atoms with Gasteiger partial charge >= 0.3 is 0 Å². The first-order chi connectivity index (χ1) is 7.85. The van der Waals surface area contributed by atoms with Crippen LogP contribution in [-0.2, 0) is 22.9 Å². The molecule has 6 heteroatoms. The number of rotatable bonds is 6. The minimum absolute atomic E-state index is 0.215. The van der Waals surface area contributed by atoms with E-state index >= 15 is 0 Å². The Morgan fingerprint density at radius 3 is 2.53 bits per heavy atom. The maximum Gasteiger partial charge on any atom is 0.147 e. The maximum atomic E-state index is 11.0. The van der Waals surface area contributed by atoms with Gasteiger partial charge in [-0.05, 0) is 27.3 Å². The van der Waals surface area contributed by atoms with E-state index in [0.717, 1.165) is 17.9 Å². The maximum absolute atomic E-state index is 11.0. The molecule has 0 fully saturated rings. The van der Waals surface area contributed by atoms with Crippen LogP contribution < -0.4 is 5.32 Å². The molecule has 1 aromatic rings. The van der Waals surface area contributed by atoms with Crippen LogP contribution in [0, 0.1) is 13.8 Å². The smallest absolute Gasteiger partial charge is 0.147 e. The van der Waals surface area contributed by atoms with Crippen LogP contribution in [0.3, 0.4) is 0 Å². The lowest BCUT2D eigenvalue weighted by Crippen LogP contribution is -2.10. The first kappa shape index (κ1) is 14.2. The highest BCUT2D eigenvalue weighted by Gasteiger charge is 2.11. The monoisotopic (exact) mass is 259 g/mol. The molecule has 0 saturated heterocycles. The van der Waals surface area contributed by atoms with Gasteiger partial charge in [-0.3, -0.25) is 4.68 Å². The van der Waals surface area contributed by atoms with Gasteiger partial charge in [-0.15, -0.1) is 0 Å². The average molecular weight is 259 g/mol. The first-order valence-corrected chi connectivity index (χ1v) is 7.76. The minimum atomic E-state index is -2.87. The second-order valence-corrected chi connectivity index (χ2v) is 6.65. The van der Waals surface area contributed by atoms with E-state index < -0.39 is 9.84 Å². The summed E-state index contributed by atoms with van der Waals surface area (Å²) in [7, 11) is -0.971. The lowest BCUT2D eigenvalue weighted by molar-refractivity contribution is 0.566. The van der Waals surface area contributed by atoms with Crippen LogP contribution >= 0.6 is 0 Å². The van der Waals surface area contributed by atoms with E-state index in [2.05, 4.69) is 10.4 Å². The molecule has 17 heavy (non-hydrogen) atoms. The Morgan fingerprint density at radius 1 is 1.35 bits per heavy atom. The van der Waals surface area contributed by atoms with Gasteiger partial charge in [0.05, 0.1) is 11.4 Å². The summed E-state index contributed by atoms with van der Waals surface area (Å²) in [6, 6.07) is 0. The molecule has 1 aromatic heterocycles. The van der Waals surface area contributed by atoms with Gasteiger partial charge in [0.1, 0.15) is 9.84 Å². The fourth-order valence-corrected chi connectivity index (χ4v) is 2.51. The van der Waals surface area contributed by atoms with Crippen LogP contribution in [0.4, 0.5) is 0 Å². The number of aromatic nitrogens is 2.